The van der Waals surface area contributed by atoms with Gasteiger partial charge in [0.1, 0.15) is 13.2 Å². The van der Waals surface area contributed by atoms with E-state index in [0.717, 1.165) is 83.5 Å². The molecule has 0 N–H and O–H groups in total. The van der Waals surface area contributed by atoms with Gasteiger partial charge in [0.2, 0.25) is 0 Å². The lowest BCUT2D eigenvalue weighted by molar-refractivity contribution is -0.166. The van der Waals surface area contributed by atoms with Gasteiger partial charge in [-0.3, -0.25) is 14.4 Å². The second kappa shape index (κ2) is 56.7. The maximum atomic E-state index is 12.8. The third kappa shape index (κ3) is 54.9. The van der Waals surface area contributed by atoms with Crippen molar-refractivity contribution in [2.75, 3.05) is 13.2 Å². The van der Waals surface area contributed by atoms with Crippen LogP contribution in [0.3, 0.4) is 0 Å². The van der Waals surface area contributed by atoms with Crippen LogP contribution >= 0.6 is 0 Å². The normalized spacial score (nSPS) is 12.9. The van der Waals surface area contributed by atoms with Gasteiger partial charge in [-0.25, -0.2) is 0 Å². The van der Waals surface area contributed by atoms with Crippen LogP contribution in [-0.2, 0) is 28.6 Å². The lowest BCUT2D eigenvalue weighted by Gasteiger charge is -2.18. The van der Waals surface area contributed by atoms with Crippen molar-refractivity contribution in [3.05, 3.63) is 109 Å². The minimum absolute atomic E-state index is 0.114. The Kier molecular flexibility index (Phi) is 53.4. The molecule has 0 heterocycles. The number of carbonyl (C=O) groups excluding carboxylic acids is 3. The van der Waals surface area contributed by atoms with Crippen molar-refractivity contribution in [1.29, 1.82) is 0 Å². The predicted octanol–water partition coefficient (Wildman–Crippen LogP) is 19.1. The van der Waals surface area contributed by atoms with Crippen molar-refractivity contribution in [2.45, 2.75) is 258 Å². The summed E-state index contributed by atoms with van der Waals surface area (Å²) in [6, 6.07) is 0. The maximum absolute atomic E-state index is 12.8. The van der Waals surface area contributed by atoms with Gasteiger partial charge in [0.25, 0.3) is 0 Å². The van der Waals surface area contributed by atoms with Gasteiger partial charge in [0, 0.05) is 19.3 Å². The second-order valence-corrected chi connectivity index (χ2v) is 18.5. The van der Waals surface area contributed by atoms with Crippen LogP contribution in [0.4, 0.5) is 0 Å². The van der Waals surface area contributed by atoms with Gasteiger partial charge in [-0.15, -0.1) is 0 Å². The topological polar surface area (TPSA) is 78.9 Å². The van der Waals surface area contributed by atoms with Crippen molar-refractivity contribution in [3.8, 4) is 0 Å². The van der Waals surface area contributed by atoms with Gasteiger partial charge < -0.3 is 14.2 Å². The smallest absolute Gasteiger partial charge is 0.306 e. The lowest BCUT2D eigenvalue weighted by Crippen LogP contribution is -2.30. The first kappa shape index (κ1) is 65.1. The van der Waals surface area contributed by atoms with Crippen molar-refractivity contribution in [1.82, 2.24) is 0 Å². The molecule has 0 rings (SSSR count). The van der Waals surface area contributed by atoms with Crippen molar-refractivity contribution < 1.29 is 28.6 Å². The summed E-state index contributed by atoms with van der Waals surface area (Å²) in [5, 5.41) is 0. The molecule has 6 heteroatoms. The number of esters is 3. The van der Waals surface area contributed by atoms with E-state index in [1.165, 1.54) is 116 Å². The van der Waals surface area contributed by atoms with Gasteiger partial charge in [-0.2, -0.15) is 0 Å². The first-order valence-corrected chi connectivity index (χ1v) is 28.4. The molecule has 0 aliphatic heterocycles. The minimum atomic E-state index is -0.825. The fraction of sp³-hybridized carbons (Fsp3) is 0.667. The highest BCUT2D eigenvalue weighted by atomic mass is 16.6. The average molecular weight is 958 g/mol. The molecule has 0 radical (unpaired) electrons. The van der Waals surface area contributed by atoms with Crippen LogP contribution in [0.1, 0.15) is 252 Å². The molecule has 0 aliphatic rings. The molecule has 0 fully saturated rings. The van der Waals surface area contributed by atoms with Crippen LogP contribution in [0.2, 0.25) is 0 Å². The molecule has 69 heavy (non-hydrogen) atoms. The standard InChI is InChI=1S/C63H104O6/c1-4-7-10-13-16-19-22-25-27-29-31-33-35-38-41-44-47-50-53-56-62(65)68-59-60(58-67-61(64)55-52-49-46-43-40-37-24-21-18-15-12-9-6-3)69-63(66)57-54-51-48-45-42-39-36-34-32-30-28-26-23-20-17-14-11-8-5-2/h16-17,19-20,25-28,31-34,38-39,41-42,47,50,60H,4-15,18,21-24,29-30,35-37,40,43-46,48-49,51-59H2,1-3H3/b19-16-,20-17-,27-25-,28-26-,33-31-,34-32-,41-38-,42-39-,50-47-/t60-/m0/s1. The first-order valence-electron chi connectivity index (χ1n) is 28.4. The van der Waals surface area contributed by atoms with Crippen LogP contribution < -0.4 is 0 Å². The van der Waals surface area contributed by atoms with Crippen LogP contribution in [0.5, 0.6) is 0 Å². The van der Waals surface area contributed by atoms with E-state index in [-0.39, 0.29) is 44.0 Å². The molecule has 0 aromatic carbocycles. The third-order valence-electron chi connectivity index (χ3n) is 11.8. The van der Waals surface area contributed by atoms with Gasteiger partial charge in [0.15, 0.2) is 6.10 Å². The van der Waals surface area contributed by atoms with Crippen molar-refractivity contribution in [2.24, 2.45) is 0 Å². The van der Waals surface area contributed by atoms with Crippen molar-refractivity contribution >= 4 is 17.9 Å². The number of hydrogen-bond acceptors (Lipinski definition) is 6. The summed E-state index contributed by atoms with van der Waals surface area (Å²) in [5.74, 6) is -1.03. The molecular weight excluding hydrogens is 853 g/mol. The third-order valence-corrected chi connectivity index (χ3v) is 11.8. The maximum Gasteiger partial charge on any atom is 0.306 e. The number of allylic oxidation sites excluding steroid dienone is 18. The number of rotatable bonds is 50. The van der Waals surface area contributed by atoms with E-state index in [0.29, 0.717) is 19.3 Å². The SMILES string of the molecule is CCCCC/C=C\C/C=C\C/C=C\C/C=C\C/C=C\CCC(=O)OC[C@H](COC(=O)CCCCCCCCCCCCCCC)OC(=O)CCCCC/C=C\C/C=C\C/C=C\C/C=C\CCCCC. The van der Waals surface area contributed by atoms with Crippen LogP contribution in [0.15, 0.2) is 109 Å². The van der Waals surface area contributed by atoms with E-state index in [1.807, 2.05) is 6.08 Å². The Labute approximate surface area is 425 Å². The van der Waals surface area contributed by atoms with Gasteiger partial charge in [0.05, 0.1) is 0 Å². The number of unbranched alkanes of at least 4 members (excludes halogenated alkanes) is 21. The summed E-state index contributed by atoms with van der Waals surface area (Å²) in [5.41, 5.74) is 0. The molecule has 392 valence electrons. The zero-order valence-electron chi connectivity index (χ0n) is 44.8. The fourth-order valence-corrected chi connectivity index (χ4v) is 7.47. The summed E-state index contributed by atoms with van der Waals surface area (Å²) in [7, 11) is 0. The Bertz CT molecular complexity index is 1420. The Morgan fingerprint density at radius 1 is 0.290 bits per heavy atom. The Morgan fingerprint density at radius 3 is 0.928 bits per heavy atom. The molecular formula is C63H104O6. The molecule has 0 spiro atoms. The monoisotopic (exact) mass is 957 g/mol. The van der Waals surface area contributed by atoms with Crippen LogP contribution in [-0.4, -0.2) is 37.2 Å². The zero-order valence-corrected chi connectivity index (χ0v) is 44.8. The van der Waals surface area contributed by atoms with Gasteiger partial charge in [-0.05, 0) is 103 Å². The average Bonchev–Trinajstić information content (AvgIpc) is 3.35. The highest BCUT2D eigenvalue weighted by Gasteiger charge is 2.19. The summed E-state index contributed by atoms with van der Waals surface area (Å²) in [4.78, 5) is 38.1. The Hall–Kier alpha value is -3.93. The van der Waals surface area contributed by atoms with Crippen LogP contribution in [0, 0.1) is 0 Å². The Morgan fingerprint density at radius 2 is 0.551 bits per heavy atom. The molecule has 0 aliphatic carbocycles. The molecule has 0 amide bonds. The Balaban J connectivity index is 4.56. The minimum Gasteiger partial charge on any atom is -0.462 e. The summed E-state index contributed by atoms with van der Waals surface area (Å²) >= 11 is 0. The number of ether oxygens (including phenoxy) is 3. The molecule has 1 atom stereocenters. The first-order chi connectivity index (χ1) is 34.0. The highest BCUT2D eigenvalue weighted by molar-refractivity contribution is 5.71. The number of carbonyl (C=O) groups is 3. The summed E-state index contributed by atoms with van der Waals surface area (Å²) < 4.78 is 16.8. The highest BCUT2D eigenvalue weighted by Crippen LogP contribution is 2.14. The van der Waals surface area contributed by atoms with Crippen LogP contribution in [0.25, 0.3) is 0 Å². The molecule has 0 bridgehead atoms. The van der Waals surface area contributed by atoms with E-state index >= 15 is 0 Å². The molecule has 0 unspecified atom stereocenters. The molecule has 0 saturated heterocycles. The predicted molar refractivity (Wildman–Crippen MR) is 297 cm³/mol. The van der Waals surface area contributed by atoms with E-state index in [1.54, 1.807) is 0 Å². The second-order valence-electron chi connectivity index (χ2n) is 18.5. The quantitative estimate of drug-likeness (QED) is 0.0262. The number of hydrogen-bond donors (Lipinski definition) is 0. The summed E-state index contributed by atoms with van der Waals surface area (Å²) in [6.07, 6.45) is 76.5. The van der Waals surface area contributed by atoms with E-state index in [2.05, 4.69) is 124 Å². The van der Waals surface area contributed by atoms with E-state index in [9.17, 15) is 14.4 Å². The van der Waals surface area contributed by atoms with Gasteiger partial charge >= 0.3 is 17.9 Å². The lowest BCUT2D eigenvalue weighted by atomic mass is 10.0. The van der Waals surface area contributed by atoms with E-state index in [4.69, 9.17) is 14.2 Å². The van der Waals surface area contributed by atoms with Gasteiger partial charge in [-0.1, -0.05) is 239 Å². The molecule has 0 aromatic rings. The molecule has 0 aromatic heterocycles. The molecule has 0 saturated carbocycles. The largest absolute Gasteiger partial charge is 0.462 e. The fourth-order valence-electron chi connectivity index (χ4n) is 7.47. The summed E-state index contributed by atoms with van der Waals surface area (Å²) in [6.45, 7) is 6.49. The van der Waals surface area contributed by atoms with E-state index < -0.39 is 6.10 Å². The molecule has 6 nitrogen and oxygen atoms in total. The zero-order chi connectivity index (χ0) is 50.0. The van der Waals surface area contributed by atoms with Crippen molar-refractivity contribution in [3.63, 3.8) is 0 Å².